The van der Waals surface area contributed by atoms with Crippen molar-refractivity contribution >= 4 is 18.2 Å². The Kier molecular flexibility index (Phi) is 9.13. The van der Waals surface area contributed by atoms with Crippen LogP contribution in [0.15, 0.2) is 41.9 Å². The van der Waals surface area contributed by atoms with Gasteiger partial charge >= 0.3 is 12.4 Å². The van der Waals surface area contributed by atoms with E-state index in [1.54, 1.807) is 42.3 Å². The van der Waals surface area contributed by atoms with Crippen LogP contribution in [0.2, 0.25) is 0 Å². The molecule has 2 heterocycles. The summed E-state index contributed by atoms with van der Waals surface area (Å²) in [5, 5.41) is 11.0. The summed E-state index contributed by atoms with van der Waals surface area (Å²) >= 11 is 0. The van der Waals surface area contributed by atoms with Crippen LogP contribution in [0.5, 0.6) is 5.75 Å². The second kappa shape index (κ2) is 11.9. The van der Waals surface area contributed by atoms with Gasteiger partial charge in [0.1, 0.15) is 12.3 Å². The molecule has 1 unspecified atom stereocenters. The monoisotopic (exact) mass is 546 g/mol. The predicted octanol–water partition coefficient (Wildman–Crippen LogP) is 4.19. The van der Waals surface area contributed by atoms with Gasteiger partial charge in [-0.05, 0) is 48.3 Å². The molecule has 38 heavy (non-hydrogen) atoms. The number of ether oxygens (including phenoxy) is 2. The number of alkyl halides is 6. The van der Waals surface area contributed by atoms with Gasteiger partial charge in [-0.1, -0.05) is 6.07 Å². The number of nitrogens with one attached hydrogen (secondary N) is 2. The first-order valence-corrected chi connectivity index (χ1v) is 11.6. The van der Waals surface area contributed by atoms with Crippen LogP contribution in [0, 0.1) is 12.3 Å². The van der Waals surface area contributed by atoms with Crippen LogP contribution < -0.4 is 10.1 Å². The number of allylic oxidation sites excluding steroid dienone is 3. The van der Waals surface area contributed by atoms with Gasteiger partial charge in [-0.2, -0.15) is 26.3 Å². The van der Waals surface area contributed by atoms with Crippen molar-refractivity contribution in [3.8, 4) is 5.75 Å². The molecule has 0 aliphatic carbocycles. The standard InChI is InChI=1S/C25H28F6N4O3/c1-16-17(5-6-34(15-36)14-24(26,27)28)9-18(10-22(16)37-2)20(11-32)21-4-3-19(12-33-21)35-7-8-38-23(13-35)25(29,30)31/h3-4,9-12,15,23,32-33H,5-8,13-14H2,1-2H3/b21-20+,32-11?. The lowest BCUT2D eigenvalue weighted by molar-refractivity contribution is -0.234. The molecule has 2 N–H and O–H groups in total. The largest absolute Gasteiger partial charge is 0.496 e. The number of methoxy groups -OCH3 is 1. The van der Waals surface area contributed by atoms with E-state index >= 15 is 0 Å². The van der Waals surface area contributed by atoms with Crippen LogP contribution in [-0.4, -0.2) is 80.8 Å². The molecule has 1 aromatic carbocycles. The minimum absolute atomic E-state index is 0.0692. The van der Waals surface area contributed by atoms with E-state index in [-0.39, 0.29) is 39.1 Å². The molecule has 1 saturated heterocycles. The fourth-order valence-electron chi connectivity index (χ4n) is 4.22. The van der Waals surface area contributed by atoms with Gasteiger partial charge in [-0.25, -0.2) is 0 Å². The molecule has 0 saturated carbocycles. The van der Waals surface area contributed by atoms with Crippen LogP contribution in [-0.2, 0) is 16.0 Å². The van der Waals surface area contributed by atoms with Gasteiger partial charge in [0, 0.05) is 36.8 Å². The first kappa shape index (κ1) is 29.1. The van der Waals surface area contributed by atoms with Crippen LogP contribution in [0.25, 0.3) is 5.57 Å². The SMILES string of the molecule is COc1cc(/C(C=N)=C2\C=CC(N3CCOC(C(F)(F)F)C3)=CN2)cc(CCN(C=O)CC(F)(F)F)c1C. The summed E-state index contributed by atoms with van der Waals surface area (Å²) < 4.78 is 87.7. The maximum absolute atomic E-state index is 13.1. The summed E-state index contributed by atoms with van der Waals surface area (Å²) in [6.45, 7) is 0.0803. The summed E-state index contributed by atoms with van der Waals surface area (Å²) in [7, 11) is 1.44. The quantitative estimate of drug-likeness (QED) is 0.276. The number of nitrogens with zero attached hydrogens (tertiary/aromatic N) is 2. The van der Waals surface area contributed by atoms with Crippen molar-refractivity contribution in [2.24, 2.45) is 0 Å². The van der Waals surface area contributed by atoms with E-state index in [4.69, 9.17) is 14.9 Å². The minimum Gasteiger partial charge on any atom is -0.496 e. The summed E-state index contributed by atoms with van der Waals surface area (Å²) in [4.78, 5) is 13.3. The second-order valence-corrected chi connectivity index (χ2v) is 8.77. The van der Waals surface area contributed by atoms with Crippen LogP contribution >= 0.6 is 0 Å². The van der Waals surface area contributed by atoms with Gasteiger partial charge in [0.2, 0.25) is 6.41 Å². The molecule has 2 aliphatic heterocycles. The highest BCUT2D eigenvalue weighted by atomic mass is 19.4. The smallest absolute Gasteiger partial charge is 0.416 e. The normalized spacial score (nSPS) is 19.4. The average molecular weight is 547 g/mol. The number of amides is 1. The van der Waals surface area contributed by atoms with Gasteiger partial charge in [-0.3, -0.25) is 4.79 Å². The Bertz CT molecular complexity index is 1130. The van der Waals surface area contributed by atoms with Crippen molar-refractivity contribution in [3.63, 3.8) is 0 Å². The Morgan fingerprint density at radius 2 is 2.00 bits per heavy atom. The first-order valence-electron chi connectivity index (χ1n) is 11.6. The number of rotatable bonds is 9. The number of carbonyl (C=O) groups is 1. The molecule has 1 amide bonds. The molecule has 1 fully saturated rings. The molecule has 0 spiro atoms. The van der Waals surface area contributed by atoms with Crippen molar-refractivity contribution < 1.29 is 40.6 Å². The van der Waals surface area contributed by atoms with Gasteiger partial charge in [0.15, 0.2) is 6.10 Å². The summed E-state index contributed by atoms with van der Waals surface area (Å²) in [5.74, 6) is 0.452. The van der Waals surface area contributed by atoms with E-state index < -0.39 is 25.0 Å². The third-order valence-corrected chi connectivity index (χ3v) is 6.23. The molecular weight excluding hydrogens is 518 g/mol. The molecule has 208 valence electrons. The summed E-state index contributed by atoms with van der Waals surface area (Å²) in [6.07, 6.45) is -4.69. The highest BCUT2D eigenvalue weighted by molar-refractivity contribution is 6.10. The molecule has 7 nitrogen and oxygen atoms in total. The average Bonchev–Trinajstić information content (AvgIpc) is 2.87. The molecule has 0 radical (unpaired) electrons. The Balaban J connectivity index is 1.83. The van der Waals surface area contributed by atoms with Crippen molar-refractivity contribution in [1.82, 2.24) is 15.1 Å². The third kappa shape index (κ3) is 7.30. The Morgan fingerprint density at radius 3 is 2.55 bits per heavy atom. The van der Waals surface area contributed by atoms with Gasteiger partial charge in [-0.15, -0.1) is 0 Å². The zero-order chi connectivity index (χ0) is 28.1. The van der Waals surface area contributed by atoms with E-state index in [1.165, 1.54) is 7.11 Å². The van der Waals surface area contributed by atoms with Crippen LogP contribution in [0.4, 0.5) is 26.3 Å². The lowest BCUT2D eigenvalue weighted by Crippen LogP contribution is -2.48. The Labute approximate surface area is 215 Å². The molecule has 1 atom stereocenters. The molecule has 13 heteroatoms. The Hall–Kier alpha value is -3.48. The highest BCUT2D eigenvalue weighted by Gasteiger charge is 2.43. The molecule has 2 aliphatic rings. The van der Waals surface area contributed by atoms with Crippen molar-refractivity contribution in [3.05, 3.63) is 58.6 Å². The van der Waals surface area contributed by atoms with Gasteiger partial charge in [0.25, 0.3) is 0 Å². The lowest BCUT2D eigenvalue weighted by atomic mass is 9.95. The predicted molar refractivity (Wildman–Crippen MR) is 129 cm³/mol. The van der Waals surface area contributed by atoms with E-state index in [0.717, 1.165) is 6.21 Å². The summed E-state index contributed by atoms with van der Waals surface area (Å²) in [6, 6.07) is 3.40. The molecule has 0 aromatic heterocycles. The number of dihydropyridines is 1. The van der Waals surface area contributed by atoms with Crippen molar-refractivity contribution in [1.29, 1.82) is 5.41 Å². The summed E-state index contributed by atoms with van der Waals surface area (Å²) in [5.41, 5.74) is 3.30. The zero-order valence-corrected chi connectivity index (χ0v) is 20.7. The van der Waals surface area contributed by atoms with E-state index in [1.807, 2.05) is 0 Å². The van der Waals surface area contributed by atoms with Crippen LogP contribution in [0.1, 0.15) is 16.7 Å². The van der Waals surface area contributed by atoms with Crippen LogP contribution in [0.3, 0.4) is 0 Å². The number of hydrogen-bond donors (Lipinski definition) is 2. The number of hydrogen-bond acceptors (Lipinski definition) is 6. The Morgan fingerprint density at radius 1 is 1.26 bits per heavy atom. The topological polar surface area (TPSA) is 77.9 Å². The lowest BCUT2D eigenvalue weighted by Gasteiger charge is -2.36. The molecule has 1 aromatic rings. The van der Waals surface area contributed by atoms with Crippen molar-refractivity contribution in [2.45, 2.75) is 31.8 Å². The van der Waals surface area contributed by atoms with E-state index in [0.29, 0.717) is 44.3 Å². The van der Waals surface area contributed by atoms with Gasteiger partial charge < -0.3 is 30.0 Å². The maximum Gasteiger partial charge on any atom is 0.416 e. The fourth-order valence-corrected chi connectivity index (χ4v) is 4.22. The maximum atomic E-state index is 13.1. The second-order valence-electron chi connectivity index (χ2n) is 8.77. The first-order chi connectivity index (χ1) is 17.9. The van der Waals surface area contributed by atoms with Crippen molar-refractivity contribution in [2.75, 3.05) is 39.9 Å². The number of benzene rings is 1. The molecule has 3 rings (SSSR count). The molecular formula is C25H28F6N4O3. The number of carbonyl (C=O) groups excluding carboxylic acids is 1. The van der Waals surface area contributed by atoms with E-state index in [2.05, 4.69) is 5.32 Å². The molecule has 0 bridgehead atoms. The highest BCUT2D eigenvalue weighted by Crippen LogP contribution is 2.31. The fraction of sp³-hybridized carbons (Fsp3) is 0.440. The number of morpholine rings is 1. The number of halogens is 6. The minimum atomic E-state index is -4.52. The van der Waals surface area contributed by atoms with E-state index in [9.17, 15) is 31.1 Å². The third-order valence-electron chi connectivity index (χ3n) is 6.23. The van der Waals surface area contributed by atoms with Gasteiger partial charge in [0.05, 0.1) is 26.0 Å². The zero-order valence-electron chi connectivity index (χ0n) is 20.7.